The van der Waals surface area contributed by atoms with Crippen LogP contribution in [0, 0.1) is 0 Å². The van der Waals surface area contributed by atoms with Crippen molar-refractivity contribution in [1.82, 2.24) is 4.90 Å². The van der Waals surface area contributed by atoms with E-state index in [0.717, 1.165) is 25.9 Å². The summed E-state index contributed by atoms with van der Waals surface area (Å²) in [5, 5.41) is 0. The standard InChI is InChI=1S/C33H45NO4/c1-33(2,3)38-31(35)15-9-5-12-24-36-32-29(34-22-10-6-11-23-34)20-21-30(32)37-25-26-16-18-28(19-17-26)27-13-7-4-8-14-27/h4-5,7-8,12-14,16-19,29-30,32H,6,9-11,15,20-25H2,1-3H3/t29-,30+,32+/m1/s1. The summed E-state index contributed by atoms with van der Waals surface area (Å²) in [5.74, 6) is -0.158. The second kappa shape index (κ2) is 14.1. The predicted octanol–water partition coefficient (Wildman–Crippen LogP) is 6.95. The zero-order valence-electron chi connectivity index (χ0n) is 23.4. The van der Waals surface area contributed by atoms with E-state index in [1.165, 1.54) is 36.0 Å². The Kier molecular flexibility index (Phi) is 10.6. The lowest BCUT2D eigenvalue weighted by atomic mass is 10.0. The third kappa shape index (κ3) is 8.79. The fraction of sp³-hybridized carbons (Fsp3) is 0.545. The Morgan fingerprint density at radius 2 is 1.61 bits per heavy atom. The van der Waals surface area contributed by atoms with Crippen molar-refractivity contribution in [2.75, 3.05) is 19.7 Å². The smallest absolute Gasteiger partial charge is 0.306 e. The Balaban J connectivity index is 1.29. The number of allylic oxidation sites excluding steroid dienone is 1. The summed E-state index contributed by atoms with van der Waals surface area (Å²) in [6, 6.07) is 19.6. The van der Waals surface area contributed by atoms with Gasteiger partial charge >= 0.3 is 5.97 Å². The molecule has 4 rings (SSSR count). The second-order valence-corrected chi connectivity index (χ2v) is 11.5. The van der Waals surface area contributed by atoms with Crippen molar-refractivity contribution in [3.05, 3.63) is 72.3 Å². The highest BCUT2D eigenvalue weighted by Crippen LogP contribution is 2.32. The van der Waals surface area contributed by atoms with Gasteiger partial charge in [-0.2, -0.15) is 0 Å². The molecule has 0 bridgehead atoms. The number of carbonyl (C=O) groups excluding carboxylic acids is 1. The van der Waals surface area contributed by atoms with Crippen LogP contribution >= 0.6 is 0 Å². The summed E-state index contributed by atoms with van der Waals surface area (Å²) in [6.07, 6.45) is 11.3. The molecule has 2 aromatic rings. The van der Waals surface area contributed by atoms with Gasteiger partial charge in [0, 0.05) is 12.5 Å². The van der Waals surface area contributed by atoms with E-state index >= 15 is 0 Å². The molecule has 38 heavy (non-hydrogen) atoms. The van der Waals surface area contributed by atoms with Crippen LogP contribution in [0.5, 0.6) is 0 Å². The van der Waals surface area contributed by atoms with Crippen molar-refractivity contribution in [2.45, 2.75) is 96.2 Å². The first-order valence-corrected chi connectivity index (χ1v) is 14.4. The second-order valence-electron chi connectivity index (χ2n) is 11.5. The topological polar surface area (TPSA) is 48.0 Å². The first-order chi connectivity index (χ1) is 18.4. The van der Waals surface area contributed by atoms with Gasteiger partial charge < -0.3 is 14.2 Å². The van der Waals surface area contributed by atoms with E-state index in [0.29, 0.717) is 32.1 Å². The highest BCUT2D eigenvalue weighted by molar-refractivity contribution is 5.70. The van der Waals surface area contributed by atoms with E-state index in [1.807, 2.05) is 39.0 Å². The minimum Gasteiger partial charge on any atom is -0.460 e. The summed E-state index contributed by atoms with van der Waals surface area (Å²) < 4.78 is 18.3. The molecule has 5 heteroatoms. The Hall–Kier alpha value is -2.47. The van der Waals surface area contributed by atoms with Crippen molar-refractivity contribution >= 4 is 5.97 Å². The van der Waals surface area contributed by atoms with Gasteiger partial charge in [-0.25, -0.2) is 0 Å². The van der Waals surface area contributed by atoms with Crippen LogP contribution in [0.15, 0.2) is 66.7 Å². The number of nitrogens with zero attached hydrogens (tertiary/aromatic N) is 1. The molecule has 5 nitrogen and oxygen atoms in total. The number of carbonyl (C=O) groups is 1. The number of ether oxygens (including phenoxy) is 3. The third-order valence-electron chi connectivity index (χ3n) is 7.36. The number of likely N-dealkylation sites (tertiary alicyclic amines) is 1. The Bertz CT molecular complexity index is 1010. The van der Waals surface area contributed by atoms with Crippen LogP contribution in [0.25, 0.3) is 11.1 Å². The highest BCUT2D eigenvalue weighted by Gasteiger charge is 2.41. The molecule has 1 aliphatic carbocycles. The van der Waals surface area contributed by atoms with Crippen molar-refractivity contribution in [2.24, 2.45) is 0 Å². The zero-order valence-corrected chi connectivity index (χ0v) is 23.4. The van der Waals surface area contributed by atoms with Gasteiger partial charge in [0.05, 0.1) is 25.4 Å². The predicted molar refractivity (Wildman–Crippen MR) is 153 cm³/mol. The number of hydrogen-bond donors (Lipinski definition) is 0. The molecule has 206 valence electrons. The summed E-state index contributed by atoms with van der Waals surface area (Å²) >= 11 is 0. The average molecular weight is 520 g/mol. The lowest BCUT2D eigenvalue weighted by Crippen LogP contribution is -2.47. The molecule has 1 heterocycles. The lowest BCUT2D eigenvalue weighted by molar-refractivity contribution is -0.154. The molecule has 1 aliphatic heterocycles. The molecule has 2 aliphatic rings. The van der Waals surface area contributed by atoms with Crippen LogP contribution in [-0.2, 0) is 25.6 Å². The van der Waals surface area contributed by atoms with Crippen LogP contribution in [0.2, 0.25) is 0 Å². The van der Waals surface area contributed by atoms with E-state index in [9.17, 15) is 4.79 Å². The third-order valence-corrected chi connectivity index (χ3v) is 7.36. The fourth-order valence-corrected chi connectivity index (χ4v) is 5.52. The highest BCUT2D eigenvalue weighted by atomic mass is 16.6. The van der Waals surface area contributed by atoms with Crippen molar-refractivity contribution in [3.8, 4) is 11.1 Å². The van der Waals surface area contributed by atoms with Gasteiger partial charge in [0.2, 0.25) is 0 Å². The van der Waals surface area contributed by atoms with E-state index in [4.69, 9.17) is 14.2 Å². The number of benzene rings is 2. The molecule has 0 aromatic heterocycles. The van der Waals surface area contributed by atoms with E-state index < -0.39 is 5.60 Å². The fourth-order valence-electron chi connectivity index (χ4n) is 5.52. The van der Waals surface area contributed by atoms with Crippen LogP contribution in [0.4, 0.5) is 0 Å². The molecule has 0 unspecified atom stereocenters. The maximum absolute atomic E-state index is 11.9. The largest absolute Gasteiger partial charge is 0.460 e. The normalized spacial score (nSPS) is 22.7. The molecule has 3 atom stereocenters. The average Bonchev–Trinajstić information content (AvgIpc) is 3.32. The molecule has 2 aromatic carbocycles. The molecule has 0 amide bonds. The number of hydrogen-bond acceptors (Lipinski definition) is 5. The minimum absolute atomic E-state index is 0.0622. The Morgan fingerprint density at radius 1 is 0.895 bits per heavy atom. The molecular weight excluding hydrogens is 474 g/mol. The van der Waals surface area contributed by atoms with E-state index in [-0.39, 0.29) is 18.2 Å². The van der Waals surface area contributed by atoms with Crippen molar-refractivity contribution in [3.63, 3.8) is 0 Å². The van der Waals surface area contributed by atoms with Crippen molar-refractivity contribution in [1.29, 1.82) is 0 Å². The zero-order chi connectivity index (χ0) is 26.8. The van der Waals surface area contributed by atoms with E-state index in [1.54, 1.807) is 0 Å². The summed E-state index contributed by atoms with van der Waals surface area (Å²) in [5.41, 5.74) is 3.20. The van der Waals surface area contributed by atoms with Gasteiger partial charge in [-0.05, 0) is 82.7 Å². The molecule has 0 radical (unpaired) electrons. The van der Waals surface area contributed by atoms with Crippen LogP contribution in [-0.4, -0.2) is 54.4 Å². The Morgan fingerprint density at radius 3 is 2.32 bits per heavy atom. The summed E-state index contributed by atoms with van der Waals surface area (Å²) in [4.78, 5) is 14.6. The van der Waals surface area contributed by atoms with Crippen molar-refractivity contribution < 1.29 is 19.0 Å². The van der Waals surface area contributed by atoms with Crippen LogP contribution < -0.4 is 0 Å². The first-order valence-electron chi connectivity index (χ1n) is 14.4. The first kappa shape index (κ1) is 28.5. The maximum Gasteiger partial charge on any atom is 0.306 e. The van der Waals surface area contributed by atoms with Gasteiger partial charge in [0.1, 0.15) is 5.60 Å². The molecular formula is C33H45NO4. The monoisotopic (exact) mass is 519 g/mol. The quantitative estimate of drug-likeness (QED) is 0.237. The maximum atomic E-state index is 11.9. The van der Waals surface area contributed by atoms with Crippen LogP contribution in [0.3, 0.4) is 0 Å². The summed E-state index contributed by atoms with van der Waals surface area (Å²) in [6.45, 7) is 9.13. The summed E-state index contributed by atoms with van der Waals surface area (Å²) in [7, 11) is 0. The lowest BCUT2D eigenvalue weighted by Gasteiger charge is -2.36. The number of esters is 1. The number of rotatable bonds is 11. The van der Waals surface area contributed by atoms with Gasteiger partial charge in [0.15, 0.2) is 0 Å². The molecule has 1 saturated heterocycles. The molecule has 0 spiro atoms. The van der Waals surface area contributed by atoms with Crippen LogP contribution in [0.1, 0.15) is 71.3 Å². The molecule has 2 fully saturated rings. The molecule has 0 N–H and O–H groups in total. The van der Waals surface area contributed by atoms with Gasteiger partial charge in [-0.15, -0.1) is 0 Å². The molecule has 1 saturated carbocycles. The SMILES string of the molecule is CC(C)(C)OC(=O)CCC=CCO[C@@H]1[C@@H](OCc2ccc(-c3ccccc3)cc2)CC[C@H]1N1CCCCC1. The van der Waals surface area contributed by atoms with Gasteiger partial charge in [-0.3, -0.25) is 9.69 Å². The van der Waals surface area contributed by atoms with E-state index in [2.05, 4.69) is 53.4 Å². The Labute approximate surface area is 229 Å². The number of piperidine rings is 1. The minimum atomic E-state index is -0.436. The van der Waals surface area contributed by atoms with Gasteiger partial charge in [0.25, 0.3) is 0 Å². The van der Waals surface area contributed by atoms with Gasteiger partial charge in [-0.1, -0.05) is 73.2 Å².